The number of rotatable bonds is 12. The topological polar surface area (TPSA) is 52.6 Å². The first-order valence-corrected chi connectivity index (χ1v) is 11.7. The molecule has 0 bridgehead atoms. The van der Waals surface area contributed by atoms with Crippen LogP contribution in [0.2, 0.25) is 5.02 Å². The van der Waals surface area contributed by atoms with Crippen molar-refractivity contribution < 1.29 is 9.90 Å². The van der Waals surface area contributed by atoms with Gasteiger partial charge in [0.1, 0.15) is 5.75 Å². The van der Waals surface area contributed by atoms with E-state index in [1.165, 1.54) is 37.3 Å². The van der Waals surface area contributed by atoms with Gasteiger partial charge in [0.15, 0.2) is 0 Å². The molecular formula is C26H33ClN2O2. The second kappa shape index (κ2) is 12.5. The fraction of sp³-hybridized carbons (Fsp3) is 0.423. The van der Waals surface area contributed by atoms with Gasteiger partial charge in [-0.25, -0.2) is 0 Å². The van der Waals surface area contributed by atoms with Crippen molar-refractivity contribution in [1.29, 1.82) is 0 Å². The van der Waals surface area contributed by atoms with Crippen LogP contribution in [0.1, 0.15) is 49.7 Å². The van der Waals surface area contributed by atoms with Crippen molar-refractivity contribution in [3.05, 3.63) is 76.8 Å². The standard InChI is InChI=1S/C26H33ClN2O2/c27-24-18-22(14-15-25(24)30)19-26(31)28-16-8-1-2-9-17-29(23-12-6-7-13-23)20-21-10-4-3-5-11-21/h3-6,10-12,14-15,18,23,30H,1-2,7-9,13,16-17,19-20H2,(H,28,31). The summed E-state index contributed by atoms with van der Waals surface area (Å²) in [6, 6.07) is 16.2. The van der Waals surface area contributed by atoms with E-state index in [9.17, 15) is 9.90 Å². The normalized spacial score (nSPS) is 15.5. The molecule has 2 N–H and O–H groups in total. The van der Waals surface area contributed by atoms with Crippen LogP contribution in [-0.2, 0) is 17.8 Å². The SMILES string of the molecule is O=C(Cc1ccc(O)c(Cl)c1)NCCCCCCN(Cc1ccccc1)C1C=CCC1. The van der Waals surface area contributed by atoms with Crippen LogP contribution in [-0.4, -0.2) is 35.0 Å². The van der Waals surface area contributed by atoms with Gasteiger partial charge >= 0.3 is 0 Å². The van der Waals surface area contributed by atoms with E-state index in [1.807, 2.05) is 0 Å². The van der Waals surface area contributed by atoms with Gasteiger partial charge in [0.2, 0.25) is 5.91 Å². The van der Waals surface area contributed by atoms with Gasteiger partial charge in [-0.1, -0.05) is 73.0 Å². The predicted octanol–water partition coefficient (Wildman–Crippen LogP) is 5.49. The van der Waals surface area contributed by atoms with Crippen LogP contribution in [0.5, 0.6) is 5.75 Å². The summed E-state index contributed by atoms with van der Waals surface area (Å²) in [6.45, 7) is 2.81. The fourth-order valence-electron chi connectivity index (χ4n) is 4.03. The smallest absolute Gasteiger partial charge is 0.224 e. The van der Waals surface area contributed by atoms with Crippen LogP contribution in [0.25, 0.3) is 0 Å². The number of benzene rings is 2. The van der Waals surface area contributed by atoms with Crippen molar-refractivity contribution in [2.24, 2.45) is 0 Å². The number of hydrogen-bond donors (Lipinski definition) is 2. The molecule has 1 aliphatic rings. The van der Waals surface area contributed by atoms with Gasteiger partial charge in [0.05, 0.1) is 11.4 Å². The molecule has 0 saturated carbocycles. The minimum Gasteiger partial charge on any atom is -0.506 e. The van der Waals surface area contributed by atoms with Gasteiger partial charge in [-0.3, -0.25) is 9.69 Å². The summed E-state index contributed by atoms with van der Waals surface area (Å²) in [5.41, 5.74) is 2.18. The zero-order valence-electron chi connectivity index (χ0n) is 18.1. The van der Waals surface area contributed by atoms with E-state index < -0.39 is 0 Å². The first-order chi connectivity index (χ1) is 15.1. The first-order valence-electron chi connectivity index (χ1n) is 11.3. The lowest BCUT2D eigenvalue weighted by atomic mass is 10.1. The maximum atomic E-state index is 12.1. The summed E-state index contributed by atoms with van der Waals surface area (Å²) < 4.78 is 0. The summed E-state index contributed by atoms with van der Waals surface area (Å²) in [5.74, 6) is 0.0286. The molecule has 0 aliphatic heterocycles. The number of amides is 1. The van der Waals surface area contributed by atoms with Crippen LogP contribution in [0.3, 0.4) is 0 Å². The zero-order valence-corrected chi connectivity index (χ0v) is 18.9. The number of hydrogen-bond acceptors (Lipinski definition) is 3. The number of nitrogens with one attached hydrogen (secondary N) is 1. The number of nitrogens with zero attached hydrogens (tertiary/aromatic N) is 1. The molecule has 0 heterocycles. The van der Waals surface area contributed by atoms with Crippen LogP contribution in [0.4, 0.5) is 0 Å². The average molecular weight is 441 g/mol. The molecule has 2 aromatic rings. The number of allylic oxidation sites excluding steroid dienone is 1. The third kappa shape index (κ3) is 8.04. The predicted molar refractivity (Wildman–Crippen MR) is 127 cm³/mol. The third-order valence-electron chi connectivity index (χ3n) is 5.76. The number of aromatic hydroxyl groups is 1. The molecule has 0 aromatic heterocycles. The number of phenols is 1. The van der Waals surface area contributed by atoms with Crippen LogP contribution < -0.4 is 5.32 Å². The number of carbonyl (C=O) groups is 1. The lowest BCUT2D eigenvalue weighted by Gasteiger charge is -2.28. The number of carbonyl (C=O) groups excluding carboxylic acids is 1. The number of phenolic OH excluding ortho intramolecular Hbond substituents is 1. The molecule has 166 valence electrons. The van der Waals surface area contributed by atoms with Gasteiger partial charge < -0.3 is 10.4 Å². The zero-order chi connectivity index (χ0) is 21.9. The van der Waals surface area contributed by atoms with Gasteiger partial charge in [0.25, 0.3) is 0 Å². The molecule has 1 amide bonds. The molecule has 1 aliphatic carbocycles. The summed E-state index contributed by atoms with van der Waals surface area (Å²) in [6.07, 6.45) is 11.8. The largest absolute Gasteiger partial charge is 0.506 e. The van der Waals surface area contributed by atoms with Crippen LogP contribution in [0, 0.1) is 0 Å². The van der Waals surface area contributed by atoms with Crippen LogP contribution >= 0.6 is 11.6 Å². The Morgan fingerprint density at radius 2 is 1.87 bits per heavy atom. The number of halogens is 1. The Labute approximate surface area is 190 Å². The first kappa shape index (κ1) is 23.4. The van der Waals surface area contributed by atoms with E-state index in [0.29, 0.717) is 12.6 Å². The average Bonchev–Trinajstić information content (AvgIpc) is 3.30. The minimum atomic E-state index is -0.0104. The summed E-state index contributed by atoms with van der Waals surface area (Å²) in [7, 11) is 0. The molecular weight excluding hydrogens is 408 g/mol. The van der Waals surface area contributed by atoms with Crippen molar-refractivity contribution in [3.63, 3.8) is 0 Å². The quantitative estimate of drug-likeness (QED) is 0.339. The van der Waals surface area contributed by atoms with Crippen molar-refractivity contribution >= 4 is 17.5 Å². The molecule has 0 spiro atoms. The third-order valence-corrected chi connectivity index (χ3v) is 6.06. The van der Waals surface area contributed by atoms with Crippen LogP contribution in [0.15, 0.2) is 60.7 Å². The van der Waals surface area contributed by atoms with E-state index in [4.69, 9.17) is 11.6 Å². The molecule has 0 fully saturated rings. The van der Waals surface area contributed by atoms with E-state index in [-0.39, 0.29) is 23.1 Å². The molecule has 5 heteroatoms. The molecule has 31 heavy (non-hydrogen) atoms. The Hall–Kier alpha value is -2.30. The molecule has 1 unspecified atom stereocenters. The van der Waals surface area contributed by atoms with Gasteiger partial charge in [0, 0.05) is 19.1 Å². The highest BCUT2D eigenvalue weighted by atomic mass is 35.5. The number of unbranched alkanes of at least 4 members (excludes halogenated alkanes) is 3. The monoisotopic (exact) mass is 440 g/mol. The summed E-state index contributed by atoms with van der Waals surface area (Å²) >= 11 is 5.89. The molecule has 3 rings (SSSR count). The molecule has 2 aromatic carbocycles. The van der Waals surface area contributed by atoms with Crippen molar-refractivity contribution in [3.8, 4) is 5.75 Å². The highest BCUT2D eigenvalue weighted by Crippen LogP contribution is 2.24. The van der Waals surface area contributed by atoms with E-state index in [2.05, 4.69) is 52.7 Å². The Bertz CT molecular complexity index is 854. The van der Waals surface area contributed by atoms with E-state index >= 15 is 0 Å². The summed E-state index contributed by atoms with van der Waals surface area (Å²) in [4.78, 5) is 14.7. The van der Waals surface area contributed by atoms with E-state index in [1.54, 1.807) is 12.1 Å². The summed E-state index contributed by atoms with van der Waals surface area (Å²) in [5, 5.41) is 12.7. The Morgan fingerprint density at radius 1 is 1.06 bits per heavy atom. The fourth-order valence-corrected chi connectivity index (χ4v) is 4.23. The van der Waals surface area contributed by atoms with Gasteiger partial charge in [-0.2, -0.15) is 0 Å². The molecule has 0 saturated heterocycles. The lowest BCUT2D eigenvalue weighted by Crippen LogP contribution is -2.33. The molecule has 4 nitrogen and oxygen atoms in total. The second-order valence-electron chi connectivity index (χ2n) is 8.26. The van der Waals surface area contributed by atoms with Crippen molar-refractivity contribution in [2.75, 3.05) is 13.1 Å². The Kier molecular flexibility index (Phi) is 9.44. The Balaban J connectivity index is 1.30. The maximum Gasteiger partial charge on any atom is 0.224 e. The van der Waals surface area contributed by atoms with Gasteiger partial charge in [-0.15, -0.1) is 0 Å². The highest BCUT2D eigenvalue weighted by Gasteiger charge is 2.18. The minimum absolute atomic E-state index is 0.0104. The molecule has 0 radical (unpaired) electrons. The van der Waals surface area contributed by atoms with Crippen molar-refractivity contribution in [2.45, 2.75) is 57.5 Å². The Morgan fingerprint density at radius 3 is 2.61 bits per heavy atom. The second-order valence-corrected chi connectivity index (χ2v) is 8.66. The van der Waals surface area contributed by atoms with Gasteiger partial charge in [-0.05, 0) is 55.5 Å². The van der Waals surface area contributed by atoms with Crippen molar-refractivity contribution in [1.82, 2.24) is 10.2 Å². The van der Waals surface area contributed by atoms with E-state index in [0.717, 1.165) is 31.5 Å². The molecule has 1 atom stereocenters. The lowest BCUT2D eigenvalue weighted by molar-refractivity contribution is -0.120. The maximum absolute atomic E-state index is 12.1. The highest BCUT2D eigenvalue weighted by molar-refractivity contribution is 6.32.